The highest BCUT2D eigenvalue weighted by Gasteiger charge is 2.26. The first-order valence-corrected chi connectivity index (χ1v) is 11.1. The molecule has 7 nitrogen and oxygen atoms in total. The lowest BCUT2D eigenvalue weighted by atomic mass is 9.96. The molecule has 2 heterocycles. The van der Waals surface area contributed by atoms with Crippen LogP contribution in [0, 0.1) is 0 Å². The van der Waals surface area contributed by atoms with Crippen molar-refractivity contribution in [3.63, 3.8) is 0 Å². The molecule has 1 saturated heterocycles. The van der Waals surface area contributed by atoms with Gasteiger partial charge in [0, 0.05) is 43.5 Å². The van der Waals surface area contributed by atoms with E-state index in [9.17, 15) is 14.7 Å². The van der Waals surface area contributed by atoms with E-state index in [4.69, 9.17) is 9.15 Å². The molecular weight excluding hydrogens is 408 g/mol. The summed E-state index contributed by atoms with van der Waals surface area (Å²) in [4.78, 5) is 28.7. The number of carbonyl (C=O) groups excluding carboxylic acids is 2. The van der Waals surface area contributed by atoms with Crippen molar-refractivity contribution in [1.82, 2.24) is 9.80 Å². The molecule has 1 fully saturated rings. The second-order valence-corrected chi connectivity index (χ2v) is 8.35. The first kappa shape index (κ1) is 20.4. The number of fused-ring (bicyclic) bond motifs is 3. The van der Waals surface area contributed by atoms with Gasteiger partial charge in [0.15, 0.2) is 6.61 Å². The van der Waals surface area contributed by atoms with Gasteiger partial charge >= 0.3 is 0 Å². The van der Waals surface area contributed by atoms with Crippen LogP contribution < -0.4 is 4.74 Å². The van der Waals surface area contributed by atoms with E-state index in [1.165, 1.54) is 18.1 Å². The molecule has 0 spiro atoms. The number of furan rings is 1. The van der Waals surface area contributed by atoms with Gasteiger partial charge in [0.2, 0.25) is 0 Å². The number of carbonyl (C=O) groups is 2. The van der Waals surface area contributed by atoms with Gasteiger partial charge in [0.1, 0.15) is 22.8 Å². The molecule has 2 aliphatic rings. The molecular formula is C25H26N2O5. The fourth-order valence-corrected chi connectivity index (χ4v) is 4.55. The van der Waals surface area contributed by atoms with Gasteiger partial charge in [-0.1, -0.05) is 12.1 Å². The van der Waals surface area contributed by atoms with Crippen LogP contribution in [0.1, 0.15) is 34.5 Å². The Balaban J connectivity index is 1.17. The largest absolute Gasteiger partial charge is 0.507 e. The van der Waals surface area contributed by atoms with Crippen molar-refractivity contribution in [2.45, 2.75) is 25.7 Å². The molecule has 1 aliphatic carbocycles. The van der Waals surface area contributed by atoms with E-state index < -0.39 is 0 Å². The van der Waals surface area contributed by atoms with Gasteiger partial charge in [-0.05, 0) is 49.6 Å². The quantitative estimate of drug-likeness (QED) is 0.681. The van der Waals surface area contributed by atoms with Crippen molar-refractivity contribution >= 4 is 22.8 Å². The maximum absolute atomic E-state index is 12.7. The van der Waals surface area contributed by atoms with Gasteiger partial charge in [-0.15, -0.1) is 0 Å². The number of rotatable bonds is 4. The zero-order valence-electron chi connectivity index (χ0n) is 17.9. The second kappa shape index (κ2) is 8.57. The molecule has 7 heteroatoms. The number of phenols is 1. The Morgan fingerprint density at radius 2 is 1.72 bits per heavy atom. The molecule has 0 atom stereocenters. The fraction of sp³-hybridized carbons (Fsp3) is 0.360. The summed E-state index contributed by atoms with van der Waals surface area (Å²) in [5, 5.41) is 11.0. The minimum Gasteiger partial charge on any atom is -0.507 e. The van der Waals surface area contributed by atoms with Gasteiger partial charge in [-0.3, -0.25) is 9.59 Å². The van der Waals surface area contributed by atoms with E-state index in [-0.39, 0.29) is 29.7 Å². The minimum atomic E-state index is -0.219. The SMILES string of the molecule is O=C(COc1ccc2oc3c(c2c1)CCCC3)N1CCN(C(=O)c2ccccc2O)CC1. The van der Waals surface area contributed by atoms with E-state index in [1.54, 1.807) is 28.0 Å². The number of para-hydroxylation sites is 1. The zero-order valence-corrected chi connectivity index (χ0v) is 17.9. The molecule has 2 amide bonds. The molecule has 32 heavy (non-hydrogen) atoms. The maximum atomic E-state index is 12.7. The molecule has 1 N–H and O–H groups in total. The van der Waals surface area contributed by atoms with Crippen LogP contribution in [0.25, 0.3) is 11.0 Å². The molecule has 0 unspecified atom stereocenters. The van der Waals surface area contributed by atoms with E-state index >= 15 is 0 Å². The van der Waals surface area contributed by atoms with Crippen LogP contribution in [0.5, 0.6) is 11.5 Å². The smallest absolute Gasteiger partial charge is 0.260 e. The minimum absolute atomic E-state index is 0.0275. The summed E-state index contributed by atoms with van der Waals surface area (Å²) in [6, 6.07) is 12.2. The third kappa shape index (κ3) is 3.90. The van der Waals surface area contributed by atoms with Crippen LogP contribution in [-0.2, 0) is 17.6 Å². The second-order valence-electron chi connectivity index (χ2n) is 8.35. The number of hydrogen-bond donors (Lipinski definition) is 1. The van der Waals surface area contributed by atoms with Gasteiger partial charge in [0.05, 0.1) is 5.56 Å². The number of ether oxygens (including phenoxy) is 1. The molecule has 2 aromatic carbocycles. The summed E-state index contributed by atoms with van der Waals surface area (Å²) in [5.41, 5.74) is 2.43. The Morgan fingerprint density at radius 3 is 2.53 bits per heavy atom. The van der Waals surface area contributed by atoms with Crippen LogP contribution in [0.3, 0.4) is 0 Å². The number of benzene rings is 2. The topological polar surface area (TPSA) is 83.2 Å². The highest BCUT2D eigenvalue weighted by atomic mass is 16.5. The number of phenolic OH excluding ortho intramolecular Hbond substituents is 1. The number of piperazine rings is 1. The van der Waals surface area contributed by atoms with Gasteiger partial charge in [-0.2, -0.15) is 0 Å². The van der Waals surface area contributed by atoms with Crippen molar-refractivity contribution < 1.29 is 23.8 Å². The predicted octanol–water partition coefficient (Wildman–Crippen LogP) is 3.38. The van der Waals surface area contributed by atoms with E-state index in [0.717, 1.165) is 36.0 Å². The Bertz CT molecular complexity index is 1160. The van der Waals surface area contributed by atoms with E-state index in [1.807, 2.05) is 18.2 Å². The van der Waals surface area contributed by atoms with E-state index in [0.29, 0.717) is 31.9 Å². The van der Waals surface area contributed by atoms with Crippen LogP contribution in [-0.4, -0.2) is 59.5 Å². The third-order valence-corrected chi connectivity index (χ3v) is 6.34. The highest BCUT2D eigenvalue weighted by molar-refractivity contribution is 5.97. The highest BCUT2D eigenvalue weighted by Crippen LogP contribution is 2.34. The first-order valence-electron chi connectivity index (χ1n) is 11.1. The van der Waals surface area contributed by atoms with Crippen LogP contribution in [0.15, 0.2) is 46.9 Å². The average molecular weight is 434 g/mol. The number of nitrogens with zero attached hydrogens (tertiary/aromatic N) is 2. The Labute approximate surface area is 186 Å². The van der Waals surface area contributed by atoms with Crippen LogP contribution in [0.4, 0.5) is 0 Å². The Morgan fingerprint density at radius 1 is 0.969 bits per heavy atom. The number of amides is 2. The monoisotopic (exact) mass is 434 g/mol. The lowest BCUT2D eigenvalue weighted by Crippen LogP contribution is -2.51. The van der Waals surface area contributed by atoms with Crippen LogP contribution in [0.2, 0.25) is 0 Å². The summed E-state index contributed by atoms with van der Waals surface area (Å²) >= 11 is 0. The zero-order chi connectivity index (χ0) is 22.1. The molecule has 1 aliphatic heterocycles. The lowest BCUT2D eigenvalue weighted by molar-refractivity contribution is -0.134. The molecule has 1 aromatic heterocycles. The Kier molecular flexibility index (Phi) is 5.47. The number of hydrogen-bond acceptors (Lipinski definition) is 5. The summed E-state index contributed by atoms with van der Waals surface area (Å²) in [6.07, 6.45) is 4.34. The molecule has 166 valence electrons. The fourth-order valence-electron chi connectivity index (χ4n) is 4.55. The summed E-state index contributed by atoms with van der Waals surface area (Å²) in [6.45, 7) is 1.68. The molecule has 0 saturated carbocycles. The van der Waals surface area contributed by atoms with Crippen molar-refractivity contribution in [3.8, 4) is 11.5 Å². The third-order valence-electron chi connectivity index (χ3n) is 6.34. The summed E-state index contributed by atoms with van der Waals surface area (Å²) in [5.74, 6) is 1.39. The maximum Gasteiger partial charge on any atom is 0.260 e. The van der Waals surface area contributed by atoms with Crippen molar-refractivity contribution in [2.75, 3.05) is 32.8 Å². The van der Waals surface area contributed by atoms with Crippen molar-refractivity contribution in [2.24, 2.45) is 0 Å². The summed E-state index contributed by atoms with van der Waals surface area (Å²) < 4.78 is 11.8. The van der Waals surface area contributed by atoms with Crippen LogP contribution >= 0.6 is 0 Å². The van der Waals surface area contributed by atoms with Gasteiger partial charge in [0.25, 0.3) is 11.8 Å². The lowest BCUT2D eigenvalue weighted by Gasteiger charge is -2.34. The summed E-state index contributed by atoms with van der Waals surface area (Å²) in [7, 11) is 0. The van der Waals surface area contributed by atoms with Gasteiger partial charge in [-0.25, -0.2) is 0 Å². The molecule has 0 bridgehead atoms. The standard InChI is InChI=1S/C25H26N2O5/c28-21-7-3-1-6-19(21)25(30)27-13-11-26(12-14-27)24(29)16-31-17-9-10-23-20(15-17)18-5-2-4-8-22(18)32-23/h1,3,6-7,9-10,15,28H,2,4-5,8,11-14,16H2. The molecule has 3 aromatic rings. The van der Waals surface area contributed by atoms with Crippen molar-refractivity contribution in [1.29, 1.82) is 0 Å². The van der Waals surface area contributed by atoms with E-state index in [2.05, 4.69) is 0 Å². The van der Waals surface area contributed by atoms with Gasteiger partial charge < -0.3 is 24.1 Å². The first-order chi connectivity index (χ1) is 15.6. The van der Waals surface area contributed by atoms with Crippen molar-refractivity contribution in [3.05, 3.63) is 59.4 Å². The Hall–Kier alpha value is -3.48. The molecule has 0 radical (unpaired) electrons. The molecule has 5 rings (SSSR count). The number of aromatic hydroxyl groups is 1. The predicted molar refractivity (Wildman–Crippen MR) is 119 cm³/mol. The number of aryl methyl sites for hydroxylation is 2. The average Bonchev–Trinajstić information content (AvgIpc) is 3.20. The normalized spacial score (nSPS) is 16.1.